The van der Waals surface area contributed by atoms with Gasteiger partial charge in [-0.1, -0.05) is 30.3 Å². The number of aliphatic carboxylic acids is 1. The molecule has 114 valence electrons. The van der Waals surface area contributed by atoms with Crippen LogP contribution in [0.25, 0.3) is 0 Å². The molecule has 2 atom stereocenters. The van der Waals surface area contributed by atoms with Crippen molar-refractivity contribution in [1.29, 1.82) is 0 Å². The monoisotopic (exact) mass is 293 g/mol. The zero-order chi connectivity index (χ0) is 15.8. The second-order valence-corrected chi connectivity index (χ2v) is 4.58. The van der Waals surface area contributed by atoms with E-state index in [-0.39, 0.29) is 13.0 Å². The van der Waals surface area contributed by atoms with Crippen LogP contribution in [0.4, 0.5) is 0 Å². The van der Waals surface area contributed by atoms with Crippen molar-refractivity contribution in [1.82, 2.24) is 10.6 Å². The molecule has 0 spiro atoms. The maximum atomic E-state index is 12.1. The first-order chi connectivity index (χ1) is 9.93. The summed E-state index contributed by atoms with van der Waals surface area (Å²) < 4.78 is 0. The molecule has 0 aliphatic heterocycles. The first kappa shape index (κ1) is 16.6. The van der Waals surface area contributed by atoms with Gasteiger partial charge in [0.2, 0.25) is 11.8 Å². The van der Waals surface area contributed by atoms with Crippen LogP contribution in [0.15, 0.2) is 30.3 Å². The van der Waals surface area contributed by atoms with Gasteiger partial charge in [-0.05, 0) is 12.5 Å². The maximum absolute atomic E-state index is 12.1. The Labute approximate surface area is 122 Å². The first-order valence-corrected chi connectivity index (χ1v) is 6.50. The van der Waals surface area contributed by atoms with Gasteiger partial charge in [0.25, 0.3) is 0 Å². The van der Waals surface area contributed by atoms with E-state index in [1.54, 1.807) is 0 Å². The summed E-state index contributed by atoms with van der Waals surface area (Å²) in [7, 11) is 0. The smallest absolute Gasteiger partial charge is 0.325 e. The predicted molar refractivity (Wildman–Crippen MR) is 76.4 cm³/mol. The lowest BCUT2D eigenvalue weighted by Gasteiger charge is -2.19. The van der Waals surface area contributed by atoms with E-state index in [4.69, 9.17) is 10.8 Å². The van der Waals surface area contributed by atoms with Crippen LogP contribution in [0.1, 0.15) is 12.5 Å². The van der Waals surface area contributed by atoms with E-state index in [0.29, 0.717) is 0 Å². The molecule has 7 heteroatoms. The van der Waals surface area contributed by atoms with Crippen LogP contribution < -0.4 is 16.4 Å². The summed E-state index contributed by atoms with van der Waals surface area (Å²) in [4.78, 5) is 34.3. The van der Waals surface area contributed by atoms with Crippen LogP contribution in [0.5, 0.6) is 0 Å². The highest BCUT2D eigenvalue weighted by Gasteiger charge is 2.24. The normalized spacial score (nSPS) is 13.0. The Morgan fingerprint density at radius 3 is 2.33 bits per heavy atom. The highest BCUT2D eigenvalue weighted by atomic mass is 16.4. The first-order valence-electron chi connectivity index (χ1n) is 6.50. The third kappa shape index (κ3) is 5.62. The average Bonchev–Trinajstić information content (AvgIpc) is 2.47. The highest BCUT2D eigenvalue weighted by molar-refractivity contribution is 5.90. The minimum atomic E-state index is -1.15. The Morgan fingerprint density at radius 1 is 1.19 bits per heavy atom. The second kappa shape index (κ2) is 8.01. The number of nitrogens with one attached hydrogen (secondary N) is 2. The molecule has 0 saturated carbocycles. The minimum absolute atomic E-state index is 0.243. The molecule has 2 amide bonds. The maximum Gasteiger partial charge on any atom is 0.325 e. The van der Waals surface area contributed by atoms with E-state index in [1.807, 2.05) is 30.3 Å². The number of amides is 2. The average molecular weight is 293 g/mol. The molecular weight excluding hydrogens is 274 g/mol. The fourth-order valence-corrected chi connectivity index (χ4v) is 1.69. The largest absolute Gasteiger partial charge is 0.480 e. The van der Waals surface area contributed by atoms with E-state index < -0.39 is 29.9 Å². The van der Waals surface area contributed by atoms with Crippen molar-refractivity contribution < 1.29 is 19.5 Å². The van der Waals surface area contributed by atoms with Crippen molar-refractivity contribution in [2.24, 2.45) is 5.73 Å². The SMILES string of the molecule is CC(NC(=O)C(Cc1ccccc1)NC(=O)CN)C(=O)O. The van der Waals surface area contributed by atoms with E-state index in [0.717, 1.165) is 5.56 Å². The molecule has 1 aromatic carbocycles. The van der Waals surface area contributed by atoms with Gasteiger partial charge in [-0.2, -0.15) is 0 Å². The summed E-state index contributed by atoms with van der Waals surface area (Å²) in [6.07, 6.45) is 0.255. The Hall–Kier alpha value is -2.41. The van der Waals surface area contributed by atoms with Crippen molar-refractivity contribution in [2.75, 3.05) is 6.54 Å². The van der Waals surface area contributed by atoms with Gasteiger partial charge < -0.3 is 21.5 Å². The summed E-state index contributed by atoms with van der Waals surface area (Å²) >= 11 is 0. The zero-order valence-corrected chi connectivity index (χ0v) is 11.7. The van der Waals surface area contributed by atoms with Crippen molar-refractivity contribution >= 4 is 17.8 Å². The molecule has 2 unspecified atom stereocenters. The van der Waals surface area contributed by atoms with Crippen LogP contribution in [-0.4, -0.2) is 41.5 Å². The summed E-state index contributed by atoms with van der Waals surface area (Å²) in [5, 5.41) is 13.6. The molecule has 5 N–H and O–H groups in total. The second-order valence-electron chi connectivity index (χ2n) is 4.58. The molecule has 0 fully saturated rings. The fraction of sp³-hybridized carbons (Fsp3) is 0.357. The number of carboxylic acids is 1. The molecule has 0 bridgehead atoms. The highest BCUT2D eigenvalue weighted by Crippen LogP contribution is 2.04. The Bertz CT molecular complexity index is 504. The van der Waals surface area contributed by atoms with Crippen molar-refractivity contribution in [3.05, 3.63) is 35.9 Å². The lowest BCUT2D eigenvalue weighted by molar-refractivity contribution is -0.141. The molecule has 0 saturated heterocycles. The number of hydrogen-bond donors (Lipinski definition) is 4. The number of carbonyl (C=O) groups is 3. The van der Waals surface area contributed by atoms with E-state index in [2.05, 4.69) is 10.6 Å². The molecule has 21 heavy (non-hydrogen) atoms. The number of carbonyl (C=O) groups excluding carboxylic acids is 2. The molecule has 0 radical (unpaired) electrons. The third-order valence-electron chi connectivity index (χ3n) is 2.85. The van der Waals surface area contributed by atoms with Gasteiger partial charge >= 0.3 is 5.97 Å². The Morgan fingerprint density at radius 2 is 1.81 bits per heavy atom. The van der Waals surface area contributed by atoms with Crippen LogP contribution in [-0.2, 0) is 20.8 Å². The van der Waals surface area contributed by atoms with Gasteiger partial charge in [-0.15, -0.1) is 0 Å². The van der Waals surface area contributed by atoms with E-state index >= 15 is 0 Å². The molecule has 7 nitrogen and oxygen atoms in total. The summed E-state index contributed by atoms with van der Waals surface area (Å²) in [5.41, 5.74) is 6.07. The number of nitrogens with two attached hydrogens (primary N) is 1. The van der Waals surface area contributed by atoms with E-state index in [1.165, 1.54) is 6.92 Å². The molecule has 0 heterocycles. The van der Waals surface area contributed by atoms with Gasteiger partial charge in [0.15, 0.2) is 0 Å². The van der Waals surface area contributed by atoms with Gasteiger partial charge in [-0.3, -0.25) is 14.4 Å². The lowest BCUT2D eigenvalue weighted by Crippen LogP contribution is -2.52. The Kier molecular flexibility index (Phi) is 6.35. The lowest BCUT2D eigenvalue weighted by atomic mass is 10.0. The molecule has 1 rings (SSSR count). The molecule has 1 aromatic rings. The van der Waals surface area contributed by atoms with Crippen LogP contribution in [0.2, 0.25) is 0 Å². The van der Waals surface area contributed by atoms with Crippen LogP contribution in [0.3, 0.4) is 0 Å². The molecule has 0 aliphatic rings. The van der Waals surface area contributed by atoms with Crippen molar-refractivity contribution in [2.45, 2.75) is 25.4 Å². The number of rotatable bonds is 7. The molecule has 0 aromatic heterocycles. The summed E-state index contributed by atoms with van der Waals surface area (Å²) in [5.74, 6) is -2.18. The van der Waals surface area contributed by atoms with Gasteiger partial charge in [0, 0.05) is 6.42 Å². The van der Waals surface area contributed by atoms with Crippen LogP contribution >= 0.6 is 0 Å². The number of benzene rings is 1. The fourth-order valence-electron chi connectivity index (χ4n) is 1.69. The quantitative estimate of drug-likeness (QED) is 0.527. The van der Waals surface area contributed by atoms with Crippen molar-refractivity contribution in [3.63, 3.8) is 0 Å². The van der Waals surface area contributed by atoms with Crippen molar-refractivity contribution in [3.8, 4) is 0 Å². The zero-order valence-electron chi connectivity index (χ0n) is 11.7. The standard InChI is InChI=1S/C14H19N3O4/c1-9(14(20)21)16-13(19)11(17-12(18)8-15)7-10-5-3-2-4-6-10/h2-6,9,11H,7-8,15H2,1H3,(H,16,19)(H,17,18)(H,20,21). The van der Waals surface area contributed by atoms with Crippen LogP contribution in [0, 0.1) is 0 Å². The topological polar surface area (TPSA) is 122 Å². The minimum Gasteiger partial charge on any atom is -0.480 e. The third-order valence-corrected chi connectivity index (χ3v) is 2.85. The summed E-state index contributed by atoms with van der Waals surface area (Å²) in [6, 6.07) is 7.19. The van der Waals surface area contributed by atoms with Gasteiger partial charge in [0.05, 0.1) is 6.54 Å². The predicted octanol–water partition coefficient (Wildman–Crippen LogP) is -0.738. The Balaban J connectivity index is 2.78. The number of hydrogen-bond acceptors (Lipinski definition) is 4. The molecular formula is C14H19N3O4. The molecule has 0 aliphatic carbocycles. The van der Waals surface area contributed by atoms with Gasteiger partial charge in [-0.25, -0.2) is 0 Å². The van der Waals surface area contributed by atoms with E-state index in [9.17, 15) is 14.4 Å². The van der Waals surface area contributed by atoms with Gasteiger partial charge in [0.1, 0.15) is 12.1 Å². The number of carboxylic acid groups (broad SMARTS) is 1. The summed E-state index contributed by atoms with van der Waals surface area (Å²) in [6.45, 7) is 1.11.